The van der Waals surface area contributed by atoms with Gasteiger partial charge in [-0.25, -0.2) is 4.98 Å². The number of unbranched alkanes of at least 4 members (excludes halogenated alkanes) is 2. The lowest BCUT2D eigenvalue weighted by Gasteiger charge is -2.37. The van der Waals surface area contributed by atoms with Crippen LogP contribution in [0.25, 0.3) is 21.9 Å². The maximum atomic E-state index is 13.9. The number of amides is 1. The number of imidazole rings is 1. The van der Waals surface area contributed by atoms with Crippen LogP contribution in [0.4, 0.5) is 5.95 Å². The van der Waals surface area contributed by atoms with Crippen molar-refractivity contribution in [2.24, 2.45) is 5.92 Å². The Hall–Kier alpha value is -3.61. The number of hydrogen-bond acceptors (Lipinski definition) is 4. The van der Waals surface area contributed by atoms with Crippen LogP contribution in [-0.2, 0) is 14.3 Å². The van der Waals surface area contributed by atoms with Crippen LogP contribution in [-0.4, -0.2) is 39.6 Å². The highest BCUT2D eigenvalue weighted by Crippen LogP contribution is 2.43. The Morgan fingerprint density at radius 1 is 1.09 bits per heavy atom. The zero-order chi connectivity index (χ0) is 22.9. The molecule has 7 heteroatoms. The Balaban J connectivity index is 1.76. The number of anilines is 1. The summed E-state index contributed by atoms with van der Waals surface area (Å²) < 4.78 is 7.49. The molecule has 0 unspecified atom stereocenters. The minimum Gasteiger partial charge on any atom is -0.465 e. The van der Waals surface area contributed by atoms with E-state index < -0.39 is 17.9 Å². The largest absolute Gasteiger partial charge is 0.465 e. The summed E-state index contributed by atoms with van der Waals surface area (Å²) in [6.07, 6.45) is 4.79. The molecule has 4 aromatic rings. The molecule has 2 aromatic carbocycles. The number of aromatic amines is 1. The van der Waals surface area contributed by atoms with E-state index in [9.17, 15) is 9.59 Å². The standard InChI is InChI=1S/C26H28N4O3/c1-3-5-10-15-29-24(31)22(25(32)33-4-2)23(18-16-27-19-12-7-6-11-17(18)19)30-21-14-9-8-13-20(21)28-26(29)30/h6-9,11-14,16,22-23,27H,3-5,10,15H2,1-2H3/t22-,23-/m1/s1. The van der Waals surface area contributed by atoms with E-state index in [0.717, 1.165) is 46.8 Å². The minimum atomic E-state index is -0.990. The van der Waals surface area contributed by atoms with Gasteiger partial charge in [0.25, 0.3) is 0 Å². The Labute approximate surface area is 192 Å². The van der Waals surface area contributed by atoms with Crippen molar-refractivity contribution in [1.82, 2.24) is 14.5 Å². The summed E-state index contributed by atoms with van der Waals surface area (Å²) in [5.74, 6) is -1.15. The van der Waals surface area contributed by atoms with Gasteiger partial charge in [0, 0.05) is 29.2 Å². The first-order valence-corrected chi connectivity index (χ1v) is 11.7. The van der Waals surface area contributed by atoms with Crippen molar-refractivity contribution in [2.75, 3.05) is 18.1 Å². The van der Waals surface area contributed by atoms with Crippen molar-refractivity contribution in [3.63, 3.8) is 0 Å². The number of fused-ring (bicyclic) bond motifs is 4. The number of aromatic nitrogens is 3. The fourth-order valence-electron chi connectivity index (χ4n) is 4.90. The van der Waals surface area contributed by atoms with Gasteiger partial charge in [0.05, 0.1) is 23.7 Å². The molecule has 33 heavy (non-hydrogen) atoms. The lowest BCUT2D eigenvalue weighted by molar-refractivity contribution is -0.153. The van der Waals surface area contributed by atoms with Crippen molar-refractivity contribution in [1.29, 1.82) is 0 Å². The van der Waals surface area contributed by atoms with E-state index in [1.165, 1.54) is 0 Å². The zero-order valence-electron chi connectivity index (χ0n) is 19.0. The molecule has 1 aliphatic heterocycles. The Morgan fingerprint density at radius 3 is 2.70 bits per heavy atom. The fraction of sp³-hybridized carbons (Fsp3) is 0.346. The highest BCUT2D eigenvalue weighted by molar-refractivity contribution is 6.09. The van der Waals surface area contributed by atoms with E-state index >= 15 is 0 Å². The molecule has 5 rings (SSSR count). The second-order valence-electron chi connectivity index (χ2n) is 8.43. The molecule has 0 spiro atoms. The quantitative estimate of drug-likeness (QED) is 0.252. The lowest BCUT2D eigenvalue weighted by Crippen LogP contribution is -2.50. The van der Waals surface area contributed by atoms with Gasteiger partial charge in [-0.05, 0) is 31.5 Å². The second-order valence-corrected chi connectivity index (χ2v) is 8.43. The van der Waals surface area contributed by atoms with Crippen LogP contribution < -0.4 is 4.90 Å². The highest BCUT2D eigenvalue weighted by atomic mass is 16.5. The molecule has 1 aliphatic rings. The Kier molecular flexibility index (Phi) is 5.62. The number of carbonyl (C=O) groups excluding carboxylic acids is 2. The van der Waals surface area contributed by atoms with Crippen LogP contribution >= 0.6 is 0 Å². The molecule has 7 nitrogen and oxygen atoms in total. The summed E-state index contributed by atoms with van der Waals surface area (Å²) >= 11 is 0. The molecule has 0 aliphatic carbocycles. The van der Waals surface area contributed by atoms with Gasteiger partial charge < -0.3 is 14.3 Å². The van der Waals surface area contributed by atoms with Gasteiger partial charge in [0.15, 0.2) is 5.92 Å². The zero-order valence-corrected chi connectivity index (χ0v) is 19.0. The van der Waals surface area contributed by atoms with Gasteiger partial charge in [-0.2, -0.15) is 0 Å². The summed E-state index contributed by atoms with van der Waals surface area (Å²) in [4.78, 5) is 37.0. The average molecular weight is 445 g/mol. The third kappa shape index (κ3) is 3.48. The number of nitrogens with zero attached hydrogens (tertiary/aromatic N) is 3. The van der Waals surface area contributed by atoms with Gasteiger partial charge >= 0.3 is 5.97 Å². The minimum absolute atomic E-state index is 0.219. The molecule has 0 saturated carbocycles. The van der Waals surface area contributed by atoms with Crippen molar-refractivity contribution >= 4 is 39.8 Å². The molecule has 1 amide bonds. The van der Waals surface area contributed by atoms with Crippen LogP contribution in [0.2, 0.25) is 0 Å². The van der Waals surface area contributed by atoms with Gasteiger partial charge in [-0.15, -0.1) is 0 Å². The number of esters is 1. The molecule has 0 bridgehead atoms. The second kappa shape index (κ2) is 8.73. The maximum Gasteiger partial charge on any atom is 0.321 e. The monoisotopic (exact) mass is 444 g/mol. The lowest BCUT2D eigenvalue weighted by atomic mass is 9.89. The summed E-state index contributed by atoms with van der Waals surface area (Å²) in [7, 11) is 0. The molecule has 0 radical (unpaired) electrons. The maximum absolute atomic E-state index is 13.9. The molecular weight excluding hydrogens is 416 g/mol. The number of rotatable bonds is 7. The molecule has 2 atom stereocenters. The number of ether oxygens (including phenoxy) is 1. The van der Waals surface area contributed by atoms with Gasteiger partial charge in [0.2, 0.25) is 11.9 Å². The summed E-state index contributed by atoms with van der Waals surface area (Å²) in [6, 6.07) is 15.2. The van der Waals surface area contributed by atoms with Crippen LogP contribution in [0.1, 0.15) is 44.7 Å². The molecule has 0 fully saturated rings. The first-order chi connectivity index (χ1) is 16.2. The fourth-order valence-corrected chi connectivity index (χ4v) is 4.90. The normalized spacial score (nSPS) is 18.1. The molecule has 0 saturated heterocycles. The van der Waals surface area contributed by atoms with Crippen LogP contribution in [0.5, 0.6) is 0 Å². The van der Waals surface area contributed by atoms with Gasteiger partial charge in [-0.3, -0.25) is 14.5 Å². The van der Waals surface area contributed by atoms with Gasteiger partial charge in [-0.1, -0.05) is 50.1 Å². The summed E-state index contributed by atoms with van der Waals surface area (Å²) in [5.41, 5.74) is 3.54. The van der Waals surface area contributed by atoms with Crippen LogP contribution in [0.15, 0.2) is 54.7 Å². The van der Waals surface area contributed by atoms with E-state index in [2.05, 4.69) is 16.5 Å². The Bertz CT molecular complexity index is 1320. The number of benzene rings is 2. The predicted molar refractivity (Wildman–Crippen MR) is 128 cm³/mol. The van der Waals surface area contributed by atoms with E-state index in [1.807, 2.05) is 54.7 Å². The SMILES string of the molecule is CCCCCN1C(=O)[C@H](C(=O)OCC)[C@@H](c2c[nH]c3ccccc23)n2c1nc1ccccc12. The summed E-state index contributed by atoms with van der Waals surface area (Å²) in [5, 5.41) is 0.979. The van der Waals surface area contributed by atoms with E-state index in [-0.39, 0.29) is 12.5 Å². The molecule has 170 valence electrons. The molecule has 1 N–H and O–H groups in total. The number of para-hydroxylation sites is 3. The smallest absolute Gasteiger partial charge is 0.321 e. The van der Waals surface area contributed by atoms with E-state index in [0.29, 0.717) is 12.5 Å². The number of hydrogen-bond donors (Lipinski definition) is 1. The Morgan fingerprint density at radius 2 is 1.88 bits per heavy atom. The molecular formula is C26H28N4O3. The topological polar surface area (TPSA) is 80.2 Å². The van der Waals surface area contributed by atoms with Crippen LogP contribution in [0, 0.1) is 5.92 Å². The number of nitrogens with one attached hydrogen (secondary N) is 1. The van der Waals surface area contributed by atoms with E-state index in [1.54, 1.807) is 11.8 Å². The number of carbonyl (C=O) groups is 2. The molecule has 3 heterocycles. The first kappa shape index (κ1) is 21.2. The van der Waals surface area contributed by atoms with Gasteiger partial charge in [0.1, 0.15) is 0 Å². The third-order valence-electron chi connectivity index (χ3n) is 6.41. The predicted octanol–water partition coefficient (Wildman–Crippen LogP) is 4.82. The third-order valence-corrected chi connectivity index (χ3v) is 6.41. The summed E-state index contributed by atoms with van der Waals surface area (Å²) in [6.45, 7) is 4.63. The number of H-pyrrole nitrogens is 1. The molecule has 2 aromatic heterocycles. The van der Waals surface area contributed by atoms with Crippen molar-refractivity contribution in [3.05, 3.63) is 60.3 Å². The van der Waals surface area contributed by atoms with Crippen LogP contribution in [0.3, 0.4) is 0 Å². The van der Waals surface area contributed by atoms with Crippen molar-refractivity contribution in [2.45, 2.75) is 39.2 Å². The van der Waals surface area contributed by atoms with E-state index in [4.69, 9.17) is 9.72 Å². The first-order valence-electron chi connectivity index (χ1n) is 11.7. The highest BCUT2D eigenvalue weighted by Gasteiger charge is 2.48. The van der Waals surface area contributed by atoms with Crippen molar-refractivity contribution < 1.29 is 14.3 Å². The van der Waals surface area contributed by atoms with Crippen molar-refractivity contribution in [3.8, 4) is 0 Å². The average Bonchev–Trinajstić information content (AvgIpc) is 3.42.